The lowest BCUT2D eigenvalue weighted by Gasteiger charge is -2.31. The molecule has 6 heteroatoms. The minimum Gasteiger partial charge on any atom is -0.497 e. The van der Waals surface area contributed by atoms with Gasteiger partial charge in [-0.25, -0.2) is 0 Å². The minimum absolute atomic E-state index is 0.0384. The van der Waals surface area contributed by atoms with E-state index in [0.717, 1.165) is 23.1 Å². The molecule has 0 aliphatic heterocycles. The molecule has 0 aliphatic rings. The summed E-state index contributed by atoms with van der Waals surface area (Å²) in [6.07, 6.45) is 1.32. The molecule has 0 bridgehead atoms. The highest BCUT2D eigenvalue weighted by atomic mass is 16.5. The van der Waals surface area contributed by atoms with Gasteiger partial charge in [0, 0.05) is 12.6 Å². The topological polar surface area (TPSA) is 67.9 Å². The number of hydrogen-bond acceptors (Lipinski definition) is 4. The van der Waals surface area contributed by atoms with Gasteiger partial charge in [0.2, 0.25) is 5.91 Å². The van der Waals surface area contributed by atoms with Crippen molar-refractivity contribution >= 4 is 11.8 Å². The van der Waals surface area contributed by atoms with Crippen LogP contribution in [-0.2, 0) is 16.1 Å². The van der Waals surface area contributed by atoms with Gasteiger partial charge in [-0.2, -0.15) is 0 Å². The first-order valence-corrected chi connectivity index (χ1v) is 11.2. The summed E-state index contributed by atoms with van der Waals surface area (Å²) in [6, 6.07) is 12.9. The molecular weight excluding hydrogens is 404 g/mol. The SMILES string of the molecule is CCC(C)NC(=O)C(CC)N(Cc1cccc(OC)c1)C(=O)COc1cc(C)ccc1C. The number of ether oxygens (including phenoxy) is 2. The number of carbonyl (C=O) groups excluding carboxylic acids is 2. The van der Waals surface area contributed by atoms with Crippen LogP contribution in [0.1, 0.15) is 50.3 Å². The van der Waals surface area contributed by atoms with E-state index >= 15 is 0 Å². The molecule has 174 valence electrons. The largest absolute Gasteiger partial charge is 0.497 e. The van der Waals surface area contributed by atoms with Crippen molar-refractivity contribution in [3.63, 3.8) is 0 Å². The Bertz CT molecular complexity index is 912. The average Bonchev–Trinajstić information content (AvgIpc) is 2.79. The third-order valence-electron chi connectivity index (χ3n) is 5.57. The Labute approximate surface area is 191 Å². The molecule has 0 aliphatic carbocycles. The summed E-state index contributed by atoms with van der Waals surface area (Å²) in [7, 11) is 1.61. The second kappa shape index (κ2) is 12.1. The van der Waals surface area contributed by atoms with Gasteiger partial charge in [-0.1, -0.05) is 38.1 Å². The summed E-state index contributed by atoms with van der Waals surface area (Å²) in [5.74, 6) is 1.00. The van der Waals surface area contributed by atoms with E-state index in [1.54, 1.807) is 12.0 Å². The maximum Gasteiger partial charge on any atom is 0.261 e. The van der Waals surface area contributed by atoms with Crippen molar-refractivity contribution < 1.29 is 19.1 Å². The van der Waals surface area contributed by atoms with Crippen LogP contribution in [0.4, 0.5) is 0 Å². The molecule has 0 spiro atoms. The molecule has 2 aromatic carbocycles. The Kier molecular flexibility index (Phi) is 9.57. The van der Waals surface area contributed by atoms with Gasteiger partial charge in [0.15, 0.2) is 6.61 Å². The van der Waals surface area contributed by atoms with Gasteiger partial charge in [-0.3, -0.25) is 9.59 Å². The van der Waals surface area contributed by atoms with Gasteiger partial charge >= 0.3 is 0 Å². The van der Waals surface area contributed by atoms with Crippen LogP contribution in [0.5, 0.6) is 11.5 Å². The van der Waals surface area contributed by atoms with Crippen molar-refractivity contribution in [3.8, 4) is 11.5 Å². The van der Waals surface area contributed by atoms with Crippen LogP contribution in [0, 0.1) is 13.8 Å². The molecule has 2 amide bonds. The van der Waals surface area contributed by atoms with E-state index in [1.165, 1.54) is 0 Å². The third-order valence-corrected chi connectivity index (χ3v) is 5.57. The fourth-order valence-electron chi connectivity index (χ4n) is 3.41. The quantitative estimate of drug-likeness (QED) is 0.562. The molecule has 0 aromatic heterocycles. The summed E-state index contributed by atoms with van der Waals surface area (Å²) in [5.41, 5.74) is 2.91. The van der Waals surface area contributed by atoms with Gasteiger partial charge in [-0.05, 0) is 68.5 Å². The summed E-state index contributed by atoms with van der Waals surface area (Å²) in [4.78, 5) is 27.9. The van der Waals surface area contributed by atoms with Crippen LogP contribution in [0.15, 0.2) is 42.5 Å². The zero-order valence-corrected chi connectivity index (χ0v) is 20.1. The lowest BCUT2D eigenvalue weighted by Crippen LogP contribution is -2.51. The number of methoxy groups -OCH3 is 1. The van der Waals surface area contributed by atoms with Crippen molar-refractivity contribution in [1.82, 2.24) is 10.2 Å². The van der Waals surface area contributed by atoms with Crippen LogP contribution in [-0.4, -0.2) is 42.5 Å². The molecule has 2 aromatic rings. The molecule has 32 heavy (non-hydrogen) atoms. The van der Waals surface area contributed by atoms with E-state index in [9.17, 15) is 9.59 Å². The third kappa shape index (κ3) is 7.01. The molecule has 2 unspecified atom stereocenters. The van der Waals surface area contributed by atoms with Crippen LogP contribution in [0.25, 0.3) is 0 Å². The van der Waals surface area contributed by atoms with Gasteiger partial charge in [-0.15, -0.1) is 0 Å². The molecule has 6 nitrogen and oxygen atoms in total. The highest BCUT2D eigenvalue weighted by molar-refractivity contribution is 5.88. The summed E-state index contributed by atoms with van der Waals surface area (Å²) in [6.45, 7) is 9.97. The number of hydrogen-bond donors (Lipinski definition) is 1. The van der Waals surface area contributed by atoms with Crippen molar-refractivity contribution in [1.29, 1.82) is 0 Å². The normalized spacial score (nSPS) is 12.6. The second-order valence-corrected chi connectivity index (χ2v) is 8.17. The lowest BCUT2D eigenvalue weighted by molar-refractivity contribution is -0.143. The van der Waals surface area contributed by atoms with E-state index in [-0.39, 0.29) is 24.5 Å². The molecule has 0 radical (unpaired) electrons. The van der Waals surface area contributed by atoms with Gasteiger partial charge in [0.1, 0.15) is 17.5 Å². The van der Waals surface area contributed by atoms with Crippen molar-refractivity contribution in [2.45, 2.75) is 66.1 Å². The Hall–Kier alpha value is -3.02. The first-order valence-electron chi connectivity index (χ1n) is 11.2. The van der Waals surface area contributed by atoms with E-state index in [1.807, 2.05) is 77.1 Å². The highest BCUT2D eigenvalue weighted by Gasteiger charge is 2.29. The first kappa shape index (κ1) is 25.2. The number of nitrogens with zero attached hydrogens (tertiary/aromatic N) is 1. The van der Waals surface area contributed by atoms with Crippen LogP contribution >= 0.6 is 0 Å². The molecule has 0 fully saturated rings. The molecular formula is C26H36N2O4. The fourth-order valence-corrected chi connectivity index (χ4v) is 3.41. The number of carbonyl (C=O) groups is 2. The van der Waals surface area contributed by atoms with Crippen LogP contribution in [0.2, 0.25) is 0 Å². The Morgan fingerprint density at radius 2 is 1.81 bits per heavy atom. The Morgan fingerprint density at radius 1 is 1.06 bits per heavy atom. The Balaban J connectivity index is 2.27. The molecule has 2 atom stereocenters. The fraction of sp³-hybridized carbons (Fsp3) is 0.462. The molecule has 0 heterocycles. The predicted molar refractivity (Wildman–Crippen MR) is 127 cm³/mol. The minimum atomic E-state index is -0.593. The van der Waals surface area contributed by atoms with Gasteiger partial charge in [0.25, 0.3) is 5.91 Å². The van der Waals surface area contributed by atoms with Crippen molar-refractivity contribution in [2.75, 3.05) is 13.7 Å². The smallest absolute Gasteiger partial charge is 0.261 e. The van der Waals surface area contributed by atoms with Crippen molar-refractivity contribution in [2.24, 2.45) is 0 Å². The monoisotopic (exact) mass is 440 g/mol. The van der Waals surface area contributed by atoms with E-state index in [0.29, 0.717) is 24.5 Å². The number of amides is 2. The second-order valence-electron chi connectivity index (χ2n) is 8.17. The van der Waals surface area contributed by atoms with Crippen molar-refractivity contribution in [3.05, 3.63) is 59.2 Å². The maximum absolute atomic E-state index is 13.3. The summed E-state index contributed by atoms with van der Waals surface area (Å²) < 4.78 is 11.2. The number of benzene rings is 2. The van der Waals surface area contributed by atoms with Crippen LogP contribution < -0.4 is 14.8 Å². The van der Waals surface area contributed by atoms with Gasteiger partial charge in [0.05, 0.1) is 7.11 Å². The standard InChI is InChI=1S/C26H36N2O4/c1-7-20(5)27-26(30)23(8-2)28(16-21-10-9-11-22(15-21)31-6)25(29)17-32-24-14-18(3)12-13-19(24)4/h9-15,20,23H,7-8,16-17H2,1-6H3,(H,27,30). The van der Waals surface area contributed by atoms with Gasteiger partial charge < -0.3 is 19.7 Å². The van der Waals surface area contributed by atoms with E-state index < -0.39 is 6.04 Å². The molecule has 0 saturated carbocycles. The maximum atomic E-state index is 13.3. The molecule has 1 N–H and O–H groups in total. The average molecular weight is 441 g/mol. The number of rotatable bonds is 11. The zero-order valence-electron chi connectivity index (χ0n) is 20.1. The summed E-state index contributed by atoms with van der Waals surface area (Å²) >= 11 is 0. The van der Waals surface area contributed by atoms with Crippen LogP contribution in [0.3, 0.4) is 0 Å². The van der Waals surface area contributed by atoms with E-state index in [4.69, 9.17) is 9.47 Å². The predicted octanol–water partition coefficient (Wildman–Crippen LogP) is 4.41. The molecule has 2 rings (SSSR count). The molecule has 0 saturated heterocycles. The zero-order chi connectivity index (χ0) is 23.7. The highest BCUT2D eigenvalue weighted by Crippen LogP contribution is 2.21. The van der Waals surface area contributed by atoms with E-state index in [2.05, 4.69) is 5.32 Å². The lowest BCUT2D eigenvalue weighted by atomic mass is 10.1. The number of nitrogens with one attached hydrogen (secondary N) is 1. The number of aryl methyl sites for hydroxylation is 2. The summed E-state index contributed by atoms with van der Waals surface area (Å²) in [5, 5.41) is 3.02. The first-order chi connectivity index (χ1) is 15.3. The Morgan fingerprint density at radius 3 is 2.47 bits per heavy atom.